The molecule has 0 unspecified atom stereocenters. The number of benzene rings is 1. The Morgan fingerprint density at radius 1 is 1.50 bits per heavy atom. The number of hydrogen-bond donors (Lipinski definition) is 1. The lowest BCUT2D eigenvalue weighted by molar-refractivity contribution is 0.323. The van der Waals surface area contributed by atoms with Gasteiger partial charge in [0.25, 0.3) is 0 Å². The molecule has 1 N–H and O–H groups in total. The highest BCUT2D eigenvalue weighted by Crippen LogP contribution is 2.35. The van der Waals surface area contributed by atoms with Gasteiger partial charge in [-0.2, -0.15) is 0 Å². The fourth-order valence-corrected chi connectivity index (χ4v) is 1.63. The van der Waals surface area contributed by atoms with Gasteiger partial charge in [0.05, 0.1) is 10.7 Å². The standard InChI is InChI=1S/C8H7BrClNO/c9-5-3-7-8(4-6(5)10)12-2-1-11-7/h3-4,11H,1-2H2. The molecule has 1 aliphatic rings. The Morgan fingerprint density at radius 2 is 2.33 bits per heavy atom. The van der Waals surface area contributed by atoms with Crippen LogP contribution in [-0.4, -0.2) is 13.2 Å². The summed E-state index contributed by atoms with van der Waals surface area (Å²) in [6, 6.07) is 3.74. The molecule has 1 aromatic carbocycles. The summed E-state index contributed by atoms with van der Waals surface area (Å²) in [5, 5.41) is 3.90. The molecule has 0 atom stereocenters. The van der Waals surface area contributed by atoms with Crippen molar-refractivity contribution in [3.8, 4) is 5.75 Å². The second-order valence-electron chi connectivity index (χ2n) is 2.54. The van der Waals surface area contributed by atoms with Crippen molar-refractivity contribution >= 4 is 33.2 Å². The molecule has 0 aromatic heterocycles. The molecule has 4 heteroatoms. The Hall–Kier alpha value is -0.410. The Bertz CT molecular complexity index is 285. The van der Waals surface area contributed by atoms with Crippen LogP contribution in [0.5, 0.6) is 5.75 Å². The first kappa shape index (κ1) is 8.20. The van der Waals surface area contributed by atoms with E-state index in [-0.39, 0.29) is 0 Å². The Labute approximate surface area is 84.0 Å². The van der Waals surface area contributed by atoms with Gasteiger partial charge in [0.2, 0.25) is 0 Å². The maximum atomic E-state index is 5.89. The van der Waals surface area contributed by atoms with Crippen LogP contribution in [0.3, 0.4) is 0 Å². The minimum atomic E-state index is 0.678. The van der Waals surface area contributed by atoms with Crippen LogP contribution in [0.2, 0.25) is 5.02 Å². The fraction of sp³-hybridized carbons (Fsp3) is 0.250. The van der Waals surface area contributed by atoms with E-state index < -0.39 is 0 Å². The second-order valence-corrected chi connectivity index (χ2v) is 3.80. The van der Waals surface area contributed by atoms with Gasteiger partial charge in [-0.1, -0.05) is 11.6 Å². The number of halogens is 2. The molecule has 2 nitrogen and oxygen atoms in total. The first-order chi connectivity index (χ1) is 5.77. The van der Waals surface area contributed by atoms with Crippen molar-refractivity contribution in [2.75, 3.05) is 18.5 Å². The van der Waals surface area contributed by atoms with Gasteiger partial charge in [-0.15, -0.1) is 0 Å². The van der Waals surface area contributed by atoms with E-state index in [0.29, 0.717) is 11.6 Å². The average Bonchev–Trinajstić information content (AvgIpc) is 2.07. The van der Waals surface area contributed by atoms with Gasteiger partial charge in [0, 0.05) is 17.1 Å². The van der Waals surface area contributed by atoms with Gasteiger partial charge in [-0.3, -0.25) is 0 Å². The molecule has 0 fully saturated rings. The highest BCUT2D eigenvalue weighted by atomic mass is 79.9. The lowest BCUT2D eigenvalue weighted by Crippen LogP contribution is -2.17. The van der Waals surface area contributed by atoms with Gasteiger partial charge in [-0.05, 0) is 22.0 Å². The predicted octanol–water partition coefficient (Wildman–Crippen LogP) is 2.91. The number of ether oxygens (including phenoxy) is 1. The van der Waals surface area contributed by atoms with Crippen LogP contribution in [0.15, 0.2) is 16.6 Å². The molecule has 0 radical (unpaired) electrons. The van der Waals surface area contributed by atoms with Crippen molar-refractivity contribution in [1.82, 2.24) is 0 Å². The third kappa shape index (κ3) is 1.39. The van der Waals surface area contributed by atoms with Crippen molar-refractivity contribution in [3.05, 3.63) is 21.6 Å². The summed E-state index contributed by atoms with van der Waals surface area (Å²) in [5.74, 6) is 0.828. The summed E-state index contributed by atoms with van der Waals surface area (Å²) >= 11 is 9.24. The van der Waals surface area contributed by atoms with E-state index in [2.05, 4.69) is 21.2 Å². The van der Waals surface area contributed by atoms with Crippen molar-refractivity contribution < 1.29 is 4.74 Å². The largest absolute Gasteiger partial charge is 0.490 e. The summed E-state index contributed by atoms with van der Waals surface area (Å²) in [5.41, 5.74) is 0.998. The highest BCUT2D eigenvalue weighted by Gasteiger charge is 2.11. The molecular formula is C8H7BrClNO. The molecule has 0 aliphatic carbocycles. The van der Waals surface area contributed by atoms with E-state index >= 15 is 0 Å². The lowest BCUT2D eigenvalue weighted by Gasteiger charge is -2.19. The molecule has 0 amide bonds. The van der Waals surface area contributed by atoms with Gasteiger partial charge < -0.3 is 10.1 Å². The van der Waals surface area contributed by atoms with Crippen molar-refractivity contribution in [3.63, 3.8) is 0 Å². The molecule has 0 saturated heterocycles. The first-order valence-electron chi connectivity index (χ1n) is 3.63. The zero-order valence-corrected chi connectivity index (χ0v) is 8.58. The Balaban J connectivity index is 2.49. The van der Waals surface area contributed by atoms with Crippen LogP contribution in [0, 0.1) is 0 Å². The molecule has 64 valence electrons. The smallest absolute Gasteiger partial charge is 0.144 e. The van der Waals surface area contributed by atoms with Crippen LogP contribution < -0.4 is 10.1 Å². The minimum Gasteiger partial charge on any atom is -0.490 e. The number of rotatable bonds is 0. The van der Waals surface area contributed by atoms with Gasteiger partial charge in [0.15, 0.2) is 0 Å². The summed E-state index contributed by atoms with van der Waals surface area (Å²) in [4.78, 5) is 0. The van der Waals surface area contributed by atoms with Crippen molar-refractivity contribution in [1.29, 1.82) is 0 Å². The van der Waals surface area contributed by atoms with E-state index in [0.717, 1.165) is 22.5 Å². The van der Waals surface area contributed by atoms with E-state index in [4.69, 9.17) is 16.3 Å². The molecule has 1 heterocycles. The summed E-state index contributed by atoms with van der Waals surface area (Å²) in [7, 11) is 0. The molecule has 0 spiro atoms. The van der Waals surface area contributed by atoms with Crippen LogP contribution >= 0.6 is 27.5 Å². The predicted molar refractivity (Wildman–Crippen MR) is 53.1 cm³/mol. The van der Waals surface area contributed by atoms with E-state index in [1.54, 1.807) is 0 Å². The monoisotopic (exact) mass is 247 g/mol. The fourth-order valence-electron chi connectivity index (χ4n) is 1.13. The topological polar surface area (TPSA) is 21.3 Å². The highest BCUT2D eigenvalue weighted by molar-refractivity contribution is 9.10. The third-order valence-electron chi connectivity index (χ3n) is 1.70. The molecular weight excluding hydrogens is 241 g/mol. The zero-order valence-electron chi connectivity index (χ0n) is 6.23. The van der Waals surface area contributed by atoms with Crippen molar-refractivity contribution in [2.24, 2.45) is 0 Å². The van der Waals surface area contributed by atoms with Crippen LogP contribution in [0.1, 0.15) is 0 Å². The minimum absolute atomic E-state index is 0.678. The third-order valence-corrected chi connectivity index (χ3v) is 2.89. The second kappa shape index (κ2) is 3.15. The normalized spacial score (nSPS) is 14.5. The Morgan fingerprint density at radius 3 is 3.17 bits per heavy atom. The Kier molecular flexibility index (Phi) is 2.15. The summed E-state index contributed by atoms with van der Waals surface area (Å²) < 4.78 is 6.28. The van der Waals surface area contributed by atoms with Crippen LogP contribution in [0.25, 0.3) is 0 Å². The van der Waals surface area contributed by atoms with E-state index in [1.807, 2.05) is 12.1 Å². The lowest BCUT2D eigenvalue weighted by atomic mass is 10.2. The molecule has 12 heavy (non-hydrogen) atoms. The number of fused-ring (bicyclic) bond motifs is 1. The quantitative estimate of drug-likeness (QED) is 0.762. The van der Waals surface area contributed by atoms with Crippen molar-refractivity contribution in [2.45, 2.75) is 0 Å². The molecule has 0 bridgehead atoms. The maximum Gasteiger partial charge on any atom is 0.144 e. The maximum absolute atomic E-state index is 5.89. The van der Waals surface area contributed by atoms with Gasteiger partial charge in [0.1, 0.15) is 12.4 Å². The van der Waals surface area contributed by atoms with Crippen LogP contribution in [-0.2, 0) is 0 Å². The number of nitrogens with one attached hydrogen (secondary N) is 1. The molecule has 2 rings (SSSR count). The van der Waals surface area contributed by atoms with E-state index in [9.17, 15) is 0 Å². The number of hydrogen-bond acceptors (Lipinski definition) is 2. The van der Waals surface area contributed by atoms with E-state index in [1.165, 1.54) is 0 Å². The SMILES string of the molecule is Clc1cc2c(cc1Br)NCCO2. The average molecular weight is 249 g/mol. The van der Waals surface area contributed by atoms with Crippen LogP contribution in [0.4, 0.5) is 5.69 Å². The molecule has 1 aliphatic heterocycles. The van der Waals surface area contributed by atoms with Gasteiger partial charge >= 0.3 is 0 Å². The number of anilines is 1. The van der Waals surface area contributed by atoms with Gasteiger partial charge in [-0.25, -0.2) is 0 Å². The molecule has 1 aromatic rings. The first-order valence-corrected chi connectivity index (χ1v) is 4.80. The summed E-state index contributed by atoms with van der Waals surface area (Å²) in [6.07, 6.45) is 0. The molecule has 0 saturated carbocycles. The summed E-state index contributed by atoms with van der Waals surface area (Å²) in [6.45, 7) is 1.55. The zero-order chi connectivity index (χ0) is 8.55.